The predicted molar refractivity (Wildman–Crippen MR) is 178 cm³/mol. The van der Waals surface area contributed by atoms with Gasteiger partial charge in [0.1, 0.15) is 17.7 Å². The van der Waals surface area contributed by atoms with Crippen LogP contribution in [0.15, 0.2) is 73.1 Å². The van der Waals surface area contributed by atoms with E-state index in [2.05, 4.69) is 91.2 Å². The monoisotopic (exact) mass is 617 g/mol. The second kappa shape index (κ2) is 12.4. The van der Waals surface area contributed by atoms with Gasteiger partial charge in [-0.1, -0.05) is 62.4 Å². The standard InChI is InChI=1S/C36H39N7O3/c1-21(2)32(42-36(45)46)35(44)43-16-4-6-31(43)34-39-20-30(41-34)27-14-13-25-17-24(11-12-26(25)18-27)22-7-9-23(10-8-22)29-19-38-33(40-29)28-5-3-15-37-28/h7-14,17-21,28,31-32,37,42H,3-6,15-16H2,1-2H3,(H,38,40)(H,39,41)(H,45,46)/t28-,31-,32-/m0/s1. The number of benzene rings is 3. The SMILES string of the molecule is CC(C)[C@H](NC(=O)O)C(=O)N1CCC[C@H]1c1ncc(-c2ccc3cc(-c4ccc(-c5cnc([C@@H]6CCCN6)[nH]5)cc4)ccc3c2)[nH]1. The molecule has 2 aliphatic rings. The lowest BCUT2D eigenvalue weighted by atomic mass is 9.98. The van der Waals surface area contributed by atoms with Crippen LogP contribution in [0.2, 0.25) is 0 Å². The molecule has 10 nitrogen and oxygen atoms in total. The Bertz CT molecular complexity index is 1870. The third-order valence-corrected chi connectivity index (χ3v) is 9.33. The van der Waals surface area contributed by atoms with Gasteiger partial charge in [0.05, 0.1) is 35.9 Å². The summed E-state index contributed by atoms with van der Waals surface area (Å²) in [5.41, 5.74) is 6.35. The zero-order valence-electron chi connectivity index (χ0n) is 26.1. The number of aromatic nitrogens is 4. The Morgan fingerprint density at radius 1 is 0.826 bits per heavy atom. The minimum atomic E-state index is -1.19. The van der Waals surface area contributed by atoms with Gasteiger partial charge in [0.25, 0.3) is 0 Å². The van der Waals surface area contributed by atoms with Gasteiger partial charge in [-0.3, -0.25) is 4.79 Å². The number of H-pyrrole nitrogens is 2. The highest BCUT2D eigenvalue weighted by molar-refractivity contribution is 5.90. The Labute approximate surface area is 267 Å². The molecule has 2 amide bonds. The molecule has 0 unspecified atom stereocenters. The van der Waals surface area contributed by atoms with Crippen LogP contribution in [0.5, 0.6) is 0 Å². The number of nitrogens with zero attached hydrogens (tertiary/aromatic N) is 3. The molecular weight excluding hydrogens is 578 g/mol. The number of imidazole rings is 2. The van der Waals surface area contributed by atoms with Gasteiger partial charge in [-0.25, -0.2) is 14.8 Å². The number of rotatable bonds is 8. The van der Waals surface area contributed by atoms with Crippen LogP contribution in [0.1, 0.15) is 63.3 Å². The van der Waals surface area contributed by atoms with Crippen LogP contribution < -0.4 is 10.6 Å². The lowest BCUT2D eigenvalue weighted by Crippen LogP contribution is -2.50. The highest BCUT2D eigenvalue weighted by Gasteiger charge is 2.37. The minimum absolute atomic E-state index is 0.163. The molecule has 0 saturated carbocycles. The molecule has 0 bridgehead atoms. The van der Waals surface area contributed by atoms with Gasteiger partial charge >= 0.3 is 6.09 Å². The normalized spacial score (nSPS) is 18.8. The molecule has 2 aliphatic heterocycles. The molecule has 0 radical (unpaired) electrons. The fourth-order valence-electron chi connectivity index (χ4n) is 6.81. The summed E-state index contributed by atoms with van der Waals surface area (Å²) in [7, 11) is 0. The van der Waals surface area contributed by atoms with Crippen molar-refractivity contribution in [2.75, 3.05) is 13.1 Å². The summed E-state index contributed by atoms with van der Waals surface area (Å²) in [6.45, 7) is 5.32. The van der Waals surface area contributed by atoms with Crippen molar-refractivity contribution in [1.29, 1.82) is 0 Å². The van der Waals surface area contributed by atoms with Crippen molar-refractivity contribution in [1.82, 2.24) is 35.5 Å². The van der Waals surface area contributed by atoms with Gasteiger partial charge in [0.15, 0.2) is 0 Å². The summed E-state index contributed by atoms with van der Waals surface area (Å²) in [6.07, 6.45) is 6.47. The largest absolute Gasteiger partial charge is 0.465 e. The van der Waals surface area contributed by atoms with Gasteiger partial charge in [-0.15, -0.1) is 0 Å². The van der Waals surface area contributed by atoms with Crippen molar-refractivity contribution in [3.8, 4) is 33.6 Å². The number of fused-ring (bicyclic) bond motifs is 1. The molecule has 2 fully saturated rings. The highest BCUT2D eigenvalue weighted by atomic mass is 16.4. The quantitative estimate of drug-likeness (QED) is 0.132. The number of amides is 2. The van der Waals surface area contributed by atoms with E-state index < -0.39 is 12.1 Å². The zero-order valence-corrected chi connectivity index (χ0v) is 26.1. The average Bonchev–Trinajstić information content (AvgIpc) is 3.89. The smallest absolute Gasteiger partial charge is 0.405 e. The van der Waals surface area contributed by atoms with Crippen LogP contribution in [0, 0.1) is 5.92 Å². The fourth-order valence-corrected chi connectivity index (χ4v) is 6.81. The first-order valence-electron chi connectivity index (χ1n) is 16.1. The Kier molecular flexibility index (Phi) is 8.04. The molecule has 46 heavy (non-hydrogen) atoms. The minimum Gasteiger partial charge on any atom is -0.465 e. The van der Waals surface area contributed by atoms with Crippen molar-refractivity contribution in [2.45, 2.75) is 57.7 Å². The van der Waals surface area contributed by atoms with Gasteiger partial charge in [-0.05, 0) is 77.7 Å². The molecule has 5 aromatic rings. The van der Waals surface area contributed by atoms with Crippen LogP contribution >= 0.6 is 0 Å². The topological polar surface area (TPSA) is 139 Å². The van der Waals surface area contributed by atoms with Gasteiger partial charge < -0.3 is 30.6 Å². The third kappa shape index (κ3) is 5.88. The van der Waals surface area contributed by atoms with Crippen LogP contribution in [-0.2, 0) is 4.79 Å². The molecule has 7 rings (SSSR count). The van der Waals surface area contributed by atoms with E-state index in [1.54, 1.807) is 4.90 Å². The molecule has 10 heteroatoms. The molecule has 236 valence electrons. The number of carbonyl (C=O) groups is 2. The number of carbonyl (C=O) groups excluding carboxylic acids is 1. The first kappa shape index (κ1) is 29.7. The van der Waals surface area contributed by atoms with E-state index >= 15 is 0 Å². The number of hydrogen-bond donors (Lipinski definition) is 5. The summed E-state index contributed by atoms with van der Waals surface area (Å²) < 4.78 is 0. The Morgan fingerprint density at radius 2 is 1.46 bits per heavy atom. The Morgan fingerprint density at radius 3 is 2.15 bits per heavy atom. The number of aromatic amines is 2. The van der Waals surface area contributed by atoms with Crippen molar-refractivity contribution in [2.24, 2.45) is 5.92 Å². The van der Waals surface area contributed by atoms with Gasteiger partial charge in [0.2, 0.25) is 5.91 Å². The molecule has 0 aliphatic carbocycles. The Hall–Kier alpha value is -4.96. The number of likely N-dealkylation sites (tertiary alicyclic amines) is 1. The van der Waals surface area contributed by atoms with Gasteiger partial charge in [0, 0.05) is 12.1 Å². The average molecular weight is 618 g/mol. The van der Waals surface area contributed by atoms with E-state index in [0.717, 1.165) is 81.9 Å². The van der Waals surface area contributed by atoms with Crippen molar-refractivity contribution < 1.29 is 14.7 Å². The summed E-state index contributed by atoms with van der Waals surface area (Å²) in [5.74, 6) is 1.36. The zero-order chi connectivity index (χ0) is 31.8. The van der Waals surface area contributed by atoms with Crippen LogP contribution in [0.4, 0.5) is 4.79 Å². The van der Waals surface area contributed by atoms with Crippen molar-refractivity contribution >= 4 is 22.8 Å². The predicted octanol–water partition coefficient (Wildman–Crippen LogP) is 6.67. The number of carboxylic acid groups (broad SMARTS) is 1. The maximum atomic E-state index is 13.3. The van der Waals surface area contributed by atoms with Crippen LogP contribution in [-0.4, -0.2) is 61.1 Å². The first-order valence-corrected chi connectivity index (χ1v) is 16.1. The fraction of sp³-hybridized carbons (Fsp3) is 0.333. The summed E-state index contributed by atoms with van der Waals surface area (Å²) >= 11 is 0. The third-order valence-electron chi connectivity index (χ3n) is 9.33. The maximum absolute atomic E-state index is 13.3. The molecule has 2 saturated heterocycles. The van der Waals surface area contributed by atoms with Crippen molar-refractivity contribution in [3.05, 3.63) is 84.7 Å². The number of nitrogens with one attached hydrogen (secondary N) is 4. The summed E-state index contributed by atoms with van der Waals surface area (Å²) in [4.78, 5) is 42.6. The van der Waals surface area contributed by atoms with Crippen LogP contribution in [0.3, 0.4) is 0 Å². The molecule has 5 N–H and O–H groups in total. The number of hydrogen-bond acceptors (Lipinski definition) is 5. The molecular formula is C36H39N7O3. The molecule has 3 atom stereocenters. The second-order valence-electron chi connectivity index (χ2n) is 12.7. The Balaban J connectivity index is 1.06. The van der Waals surface area contributed by atoms with Crippen molar-refractivity contribution in [3.63, 3.8) is 0 Å². The van der Waals surface area contributed by atoms with E-state index in [9.17, 15) is 14.7 Å². The summed E-state index contributed by atoms with van der Waals surface area (Å²) in [5, 5.41) is 17.4. The second-order valence-corrected chi connectivity index (χ2v) is 12.7. The van der Waals surface area contributed by atoms with Crippen LogP contribution in [0.25, 0.3) is 44.4 Å². The molecule has 3 aromatic carbocycles. The van der Waals surface area contributed by atoms with E-state index in [0.29, 0.717) is 12.6 Å². The highest BCUT2D eigenvalue weighted by Crippen LogP contribution is 2.34. The molecule has 4 heterocycles. The van der Waals surface area contributed by atoms with E-state index in [-0.39, 0.29) is 17.9 Å². The van der Waals surface area contributed by atoms with E-state index in [4.69, 9.17) is 0 Å². The lowest BCUT2D eigenvalue weighted by Gasteiger charge is -2.29. The maximum Gasteiger partial charge on any atom is 0.405 e. The summed E-state index contributed by atoms with van der Waals surface area (Å²) in [6, 6.07) is 20.8. The molecule has 2 aromatic heterocycles. The van der Waals surface area contributed by atoms with E-state index in [1.165, 1.54) is 6.42 Å². The van der Waals surface area contributed by atoms with Gasteiger partial charge in [-0.2, -0.15) is 0 Å². The molecule has 0 spiro atoms. The lowest BCUT2D eigenvalue weighted by molar-refractivity contribution is -0.135. The first-order chi connectivity index (χ1) is 22.3. The van der Waals surface area contributed by atoms with E-state index in [1.807, 2.05) is 26.2 Å².